The summed E-state index contributed by atoms with van der Waals surface area (Å²) in [5.74, 6) is 1.48. The molecular weight excluding hydrogens is 202 g/mol. The van der Waals surface area contributed by atoms with E-state index in [4.69, 9.17) is 9.47 Å². The van der Waals surface area contributed by atoms with Crippen LogP contribution in [0.4, 0.5) is 0 Å². The Labute approximate surface area is 95.8 Å². The summed E-state index contributed by atoms with van der Waals surface area (Å²) in [5, 5.41) is 3.39. The number of benzene rings is 1. The molecule has 1 fully saturated rings. The van der Waals surface area contributed by atoms with Gasteiger partial charge in [-0.1, -0.05) is 6.07 Å². The van der Waals surface area contributed by atoms with Crippen molar-refractivity contribution in [1.29, 1.82) is 0 Å². The second kappa shape index (κ2) is 4.07. The summed E-state index contributed by atoms with van der Waals surface area (Å²) in [4.78, 5) is 0. The molecule has 86 valence electrons. The molecule has 1 aromatic rings. The Bertz CT molecular complexity index is 392. The van der Waals surface area contributed by atoms with Crippen LogP contribution in [0.3, 0.4) is 0 Å². The zero-order valence-electron chi connectivity index (χ0n) is 9.53. The fourth-order valence-corrected chi connectivity index (χ4v) is 2.64. The van der Waals surface area contributed by atoms with Crippen LogP contribution >= 0.6 is 0 Å². The first kappa shape index (κ1) is 10.1. The van der Waals surface area contributed by atoms with Gasteiger partial charge in [-0.25, -0.2) is 0 Å². The van der Waals surface area contributed by atoms with Gasteiger partial charge < -0.3 is 14.8 Å². The lowest BCUT2D eigenvalue weighted by Crippen LogP contribution is -2.26. The average Bonchev–Trinajstić information content (AvgIpc) is 2.78. The third-order valence-corrected chi connectivity index (χ3v) is 3.44. The fraction of sp³-hybridized carbons (Fsp3) is 0.538. The standard InChI is InChI=1S/C13H17NO2/c1-2-15-10-4-3-9-8-16-13-7-14-6-12(13)11(9)5-10/h3-5,12-14H,2,6-8H2,1H3/t12-,13-/m1/s1. The van der Waals surface area contributed by atoms with Crippen LogP contribution < -0.4 is 10.1 Å². The van der Waals surface area contributed by atoms with Gasteiger partial charge in [0.1, 0.15) is 5.75 Å². The predicted molar refractivity (Wildman–Crippen MR) is 61.8 cm³/mol. The molecule has 0 bridgehead atoms. The van der Waals surface area contributed by atoms with Crippen molar-refractivity contribution in [3.05, 3.63) is 29.3 Å². The molecule has 1 N–H and O–H groups in total. The minimum atomic E-state index is 0.351. The lowest BCUT2D eigenvalue weighted by Gasteiger charge is -2.28. The van der Waals surface area contributed by atoms with E-state index >= 15 is 0 Å². The van der Waals surface area contributed by atoms with E-state index in [0.717, 1.165) is 32.1 Å². The van der Waals surface area contributed by atoms with E-state index in [-0.39, 0.29) is 0 Å². The highest BCUT2D eigenvalue weighted by Crippen LogP contribution is 2.35. The van der Waals surface area contributed by atoms with Crippen molar-refractivity contribution in [2.45, 2.75) is 25.6 Å². The normalized spacial score (nSPS) is 27.3. The number of nitrogens with one attached hydrogen (secondary N) is 1. The van der Waals surface area contributed by atoms with Gasteiger partial charge in [0.05, 0.1) is 19.3 Å². The van der Waals surface area contributed by atoms with Crippen molar-refractivity contribution in [2.24, 2.45) is 0 Å². The molecule has 2 atom stereocenters. The second-order valence-corrected chi connectivity index (χ2v) is 4.41. The molecule has 1 aromatic carbocycles. The molecule has 16 heavy (non-hydrogen) atoms. The number of hydrogen-bond donors (Lipinski definition) is 1. The zero-order valence-corrected chi connectivity index (χ0v) is 9.53. The Hall–Kier alpha value is -1.06. The average molecular weight is 219 g/mol. The van der Waals surface area contributed by atoms with E-state index in [1.165, 1.54) is 11.1 Å². The molecule has 2 heterocycles. The summed E-state index contributed by atoms with van der Waals surface area (Å²) in [7, 11) is 0. The van der Waals surface area contributed by atoms with Crippen LogP contribution in [0.2, 0.25) is 0 Å². The maximum atomic E-state index is 5.82. The smallest absolute Gasteiger partial charge is 0.119 e. The van der Waals surface area contributed by atoms with Crippen molar-refractivity contribution in [3.8, 4) is 5.75 Å². The van der Waals surface area contributed by atoms with Gasteiger partial charge in [-0.05, 0) is 30.2 Å². The fourth-order valence-electron chi connectivity index (χ4n) is 2.64. The summed E-state index contributed by atoms with van der Waals surface area (Å²) in [5.41, 5.74) is 2.72. The van der Waals surface area contributed by atoms with Crippen LogP contribution in [-0.4, -0.2) is 25.8 Å². The molecule has 0 aliphatic carbocycles. The summed E-state index contributed by atoms with van der Waals surface area (Å²) < 4.78 is 11.4. The minimum absolute atomic E-state index is 0.351. The van der Waals surface area contributed by atoms with Gasteiger partial charge >= 0.3 is 0 Å². The third kappa shape index (κ3) is 1.60. The molecule has 0 amide bonds. The SMILES string of the molecule is CCOc1ccc2c(c1)[C@H]1CNC[C@H]1OC2. The number of ether oxygens (including phenoxy) is 2. The van der Waals surface area contributed by atoms with Crippen LogP contribution in [-0.2, 0) is 11.3 Å². The molecule has 0 unspecified atom stereocenters. The van der Waals surface area contributed by atoms with Crippen LogP contribution in [0, 0.1) is 0 Å². The Morgan fingerprint density at radius 1 is 1.44 bits per heavy atom. The number of fused-ring (bicyclic) bond motifs is 3. The van der Waals surface area contributed by atoms with Crippen LogP contribution in [0.5, 0.6) is 5.75 Å². The highest BCUT2D eigenvalue weighted by Gasteiger charge is 2.34. The van der Waals surface area contributed by atoms with E-state index in [1.807, 2.05) is 13.0 Å². The van der Waals surface area contributed by atoms with Gasteiger partial charge in [0.15, 0.2) is 0 Å². The number of rotatable bonds is 2. The molecule has 0 spiro atoms. The van der Waals surface area contributed by atoms with E-state index in [1.54, 1.807) is 0 Å². The van der Waals surface area contributed by atoms with Crippen molar-refractivity contribution >= 4 is 0 Å². The molecule has 0 aromatic heterocycles. The maximum absolute atomic E-state index is 5.82. The highest BCUT2D eigenvalue weighted by molar-refractivity contribution is 5.40. The van der Waals surface area contributed by atoms with Crippen molar-refractivity contribution < 1.29 is 9.47 Å². The molecule has 3 heteroatoms. The van der Waals surface area contributed by atoms with E-state index < -0.39 is 0 Å². The van der Waals surface area contributed by atoms with Gasteiger partial charge in [0, 0.05) is 19.0 Å². The zero-order chi connectivity index (χ0) is 11.0. The molecular formula is C13H17NO2. The van der Waals surface area contributed by atoms with Gasteiger partial charge in [-0.15, -0.1) is 0 Å². The van der Waals surface area contributed by atoms with Crippen molar-refractivity contribution in [1.82, 2.24) is 5.32 Å². The lowest BCUT2D eigenvalue weighted by atomic mass is 9.89. The first-order valence-electron chi connectivity index (χ1n) is 5.96. The summed E-state index contributed by atoms with van der Waals surface area (Å²) >= 11 is 0. The summed E-state index contributed by atoms with van der Waals surface area (Å²) in [6.45, 7) is 5.48. The van der Waals surface area contributed by atoms with Gasteiger partial charge in [0.25, 0.3) is 0 Å². The van der Waals surface area contributed by atoms with E-state index in [2.05, 4.69) is 17.4 Å². The molecule has 0 saturated carbocycles. The molecule has 3 rings (SSSR count). The monoisotopic (exact) mass is 219 g/mol. The number of hydrogen-bond acceptors (Lipinski definition) is 3. The van der Waals surface area contributed by atoms with Crippen LogP contribution in [0.15, 0.2) is 18.2 Å². The van der Waals surface area contributed by atoms with Crippen LogP contribution in [0.25, 0.3) is 0 Å². The minimum Gasteiger partial charge on any atom is -0.494 e. The Balaban J connectivity index is 1.95. The molecule has 1 saturated heterocycles. The predicted octanol–water partition coefficient (Wildman–Crippen LogP) is 1.67. The molecule has 0 radical (unpaired) electrons. The molecule has 2 aliphatic rings. The second-order valence-electron chi connectivity index (χ2n) is 4.41. The molecule has 3 nitrogen and oxygen atoms in total. The van der Waals surface area contributed by atoms with Gasteiger partial charge in [0.2, 0.25) is 0 Å². The Morgan fingerprint density at radius 2 is 2.38 bits per heavy atom. The van der Waals surface area contributed by atoms with Crippen molar-refractivity contribution in [3.63, 3.8) is 0 Å². The third-order valence-electron chi connectivity index (χ3n) is 3.44. The Kier molecular flexibility index (Phi) is 2.58. The highest BCUT2D eigenvalue weighted by atomic mass is 16.5. The van der Waals surface area contributed by atoms with E-state index in [9.17, 15) is 0 Å². The largest absolute Gasteiger partial charge is 0.494 e. The first-order chi connectivity index (χ1) is 7.88. The van der Waals surface area contributed by atoms with Crippen molar-refractivity contribution in [2.75, 3.05) is 19.7 Å². The lowest BCUT2D eigenvalue weighted by molar-refractivity contribution is 0.0298. The van der Waals surface area contributed by atoms with Gasteiger partial charge in [-0.3, -0.25) is 0 Å². The van der Waals surface area contributed by atoms with Gasteiger partial charge in [-0.2, -0.15) is 0 Å². The first-order valence-corrected chi connectivity index (χ1v) is 5.96. The topological polar surface area (TPSA) is 30.5 Å². The van der Waals surface area contributed by atoms with E-state index in [0.29, 0.717) is 12.0 Å². The quantitative estimate of drug-likeness (QED) is 0.820. The maximum Gasteiger partial charge on any atom is 0.119 e. The Morgan fingerprint density at radius 3 is 3.25 bits per heavy atom. The summed E-state index contributed by atoms with van der Waals surface area (Å²) in [6, 6.07) is 6.36. The van der Waals surface area contributed by atoms with Crippen LogP contribution in [0.1, 0.15) is 24.0 Å². The summed E-state index contributed by atoms with van der Waals surface area (Å²) in [6.07, 6.45) is 0.351. The molecule has 2 aliphatic heterocycles.